The number of hydrogen-bond acceptors (Lipinski definition) is 2. The van der Waals surface area contributed by atoms with Gasteiger partial charge in [0.2, 0.25) is 0 Å². The Balaban J connectivity index is 2.46. The molecule has 0 aliphatic rings. The molecule has 0 heterocycles. The van der Waals surface area contributed by atoms with Gasteiger partial charge < -0.3 is 10.5 Å². The maximum Gasteiger partial charge on any atom is 0.119 e. The van der Waals surface area contributed by atoms with Crippen molar-refractivity contribution in [1.29, 1.82) is 0 Å². The Morgan fingerprint density at radius 1 is 1.38 bits per heavy atom. The SMILES string of the molecule is Cc1cc(OCCC(C)(C)CN)ccc1Br. The summed E-state index contributed by atoms with van der Waals surface area (Å²) in [5.41, 5.74) is 7.02. The zero-order valence-corrected chi connectivity index (χ0v) is 11.8. The topological polar surface area (TPSA) is 35.2 Å². The normalized spacial score (nSPS) is 11.6. The number of nitrogens with two attached hydrogens (primary N) is 1. The third-order valence-corrected chi connectivity index (χ3v) is 3.62. The molecular formula is C13H20BrNO. The van der Waals surface area contributed by atoms with Gasteiger partial charge in [-0.25, -0.2) is 0 Å². The Morgan fingerprint density at radius 3 is 2.62 bits per heavy atom. The maximum absolute atomic E-state index is 5.70. The first-order valence-electron chi connectivity index (χ1n) is 5.54. The Bertz CT molecular complexity index is 350. The van der Waals surface area contributed by atoms with Gasteiger partial charge in [-0.05, 0) is 49.1 Å². The second-order valence-electron chi connectivity index (χ2n) is 4.88. The first kappa shape index (κ1) is 13.5. The van der Waals surface area contributed by atoms with E-state index in [1.54, 1.807) is 0 Å². The van der Waals surface area contributed by atoms with Crippen molar-refractivity contribution in [3.8, 4) is 5.75 Å². The molecule has 0 bridgehead atoms. The maximum atomic E-state index is 5.70. The highest BCUT2D eigenvalue weighted by atomic mass is 79.9. The van der Waals surface area contributed by atoms with E-state index in [1.807, 2.05) is 18.2 Å². The highest BCUT2D eigenvalue weighted by Gasteiger charge is 2.15. The summed E-state index contributed by atoms with van der Waals surface area (Å²) < 4.78 is 6.82. The molecule has 1 rings (SSSR count). The summed E-state index contributed by atoms with van der Waals surface area (Å²) in [5, 5.41) is 0. The molecule has 0 radical (unpaired) electrons. The number of rotatable bonds is 5. The van der Waals surface area contributed by atoms with Crippen LogP contribution in [0.25, 0.3) is 0 Å². The molecule has 0 unspecified atom stereocenters. The van der Waals surface area contributed by atoms with Crippen LogP contribution < -0.4 is 10.5 Å². The van der Waals surface area contributed by atoms with Crippen LogP contribution in [0.5, 0.6) is 5.75 Å². The van der Waals surface area contributed by atoms with E-state index in [-0.39, 0.29) is 5.41 Å². The molecule has 1 aromatic carbocycles. The molecule has 0 aromatic heterocycles. The molecule has 0 saturated heterocycles. The van der Waals surface area contributed by atoms with Gasteiger partial charge in [-0.2, -0.15) is 0 Å². The summed E-state index contributed by atoms with van der Waals surface area (Å²) in [6.07, 6.45) is 0.971. The fraction of sp³-hybridized carbons (Fsp3) is 0.538. The zero-order valence-electron chi connectivity index (χ0n) is 10.2. The number of benzene rings is 1. The Hall–Kier alpha value is -0.540. The lowest BCUT2D eigenvalue weighted by atomic mass is 9.90. The van der Waals surface area contributed by atoms with Crippen molar-refractivity contribution >= 4 is 15.9 Å². The molecule has 16 heavy (non-hydrogen) atoms. The average Bonchev–Trinajstić information content (AvgIpc) is 2.23. The van der Waals surface area contributed by atoms with Crippen molar-refractivity contribution in [2.75, 3.05) is 13.2 Å². The van der Waals surface area contributed by atoms with Gasteiger partial charge in [0.25, 0.3) is 0 Å². The summed E-state index contributed by atoms with van der Waals surface area (Å²) in [5.74, 6) is 0.925. The van der Waals surface area contributed by atoms with Crippen LogP contribution in [0.15, 0.2) is 22.7 Å². The fourth-order valence-corrected chi connectivity index (χ4v) is 1.50. The van der Waals surface area contributed by atoms with E-state index in [0.29, 0.717) is 13.2 Å². The van der Waals surface area contributed by atoms with Gasteiger partial charge in [0.1, 0.15) is 5.75 Å². The van der Waals surface area contributed by atoms with Crippen molar-refractivity contribution in [3.63, 3.8) is 0 Å². The molecule has 2 N–H and O–H groups in total. The standard InChI is InChI=1S/C13H20BrNO/c1-10-8-11(4-5-12(10)14)16-7-6-13(2,3)9-15/h4-5,8H,6-7,9,15H2,1-3H3. The first-order valence-corrected chi connectivity index (χ1v) is 6.33. The molecule has 90 valence electrons. The summed E-state index contributed by atoms with van der Waals surface area (Å²) in [7, 11) is 0. The van der Waals surface area contributed by atoms with E-state index >= 15 is 0 Å². The zero-order chi connectivity index (χ0) is 12.2. The van der Waals surface area contributed by atoms with E-state index in [0.717, 1.165) is 16.6 Å². The molecule has 0 saturated carbocycles. The van der Waals surface area contributed by atoms with Crippen molar-refractivity contribution in [3.05, 3.63) is 28.2 Å². The van der Waals surface area contributed by atoms with Gasteiger partial charge in [-0.15, -0.1) is 0 Å². The molecule has 3 heteroatoms. The van der Waals surface area contributed by atoms with Gasteiger partial charge in [-0.1, -0.05) is 29.8 Å². The van der Waals surface area contributed by atoms with Crippen LogP contribution in [0.1, 0.15) is 25.8 Å². The Kier molecular flexibility index (Phi) is 4.81. The Morgan fingerprint density at radius 2 is 2.06 bits per heavy atom. The second-order valence-corrected chi connectivity index (χ2v) is 5.73. The number of hydrogen-bond donors (Lipinski definition) is 1. The van der Waals surface area contributed by atoms with Gasteiger partial charge >= 0.3 is 0 Å². The van der Waals surface area contributed by atoms with E-state index < -0.39 is 0 Å². The van der Waals surface area contributed by atoms with Crippen LogP contribution >= 0.6 is 15.9 Å². The van der Waals surface area contributed by atoms with Crippen LogP contribution in [-0.2, 0) is 0 Å². The average molecular weight is 286 g/mol. The Labute approximate surface area is 106 Å². The molecule has 0 amide bonds. The van der Waals surface area contributed by atoms with Crippen LogP contribution in [0.3, 0.4) is 0 Å². The van der Waals surface area contributed by atoms with Gasteiger partial charge in [-0.3, -0.25) is 0 Å². The monoisotopic (exact) mass is 285 g/mol. The highest BCUT2D eigenvalue weighted by molar-refractivity contribution is 9.10. The van der Waals surface area contributed by atoms with Crippen molar-refractivity contribution in [2.45, 2.75) is 27.2 Å². The van der Waals surface area contributed by atoms with Crippen molar-refractivity contribution in [2.24, 2.45) is 11.1 Å². The summed E-state index contributed by atoms with van der Waals surface area (Å²) in [4.78, 5) is 0. The molecule has 1 aromatic rings. The number of aryl methyl sites for hydroxylation is 1. The molecule has 0 aliphatic heterocycles. The summed E-state index contributed by atoms with van der Waals surface area (Å²) in [6, 6.07) is 6.03. The van der Waals surface area contributed by atoms with E-state index in [9.17, 15) is 0 Å². The van der Waals surface area contributed by atoms with E-state index in [2.05, 4.69) is 36.7 Å². The predicted molar refractivity (Wildman–Crippen MR) is 71.8 cm³/mol. The third kappa shape index (κ3) is 4.14. The van der Waals surface area contributed by atoms with Gasteiger partial charge in [0, 0.05) is 4.47 Å². The predicted octanol–water partition coefficient (Wildman–Crippen LogP) is 3.51. The molecule has 0 atom stereocenters. The quantitative estimate of drug-likeness (QED) is 0.899. The lowest BCUT2D eigenvalue weighted by Crippen LogP contribution is -2.25. The van der Waals surface area contributed by atoms with E-state index in [4.69, 9.17) is 10.5 Å². The molecular weight excluding hydrogens is 266 g/mol. The summed E-state index contributed by atoms with van der Waals surface area (Å²) in [6.45, 7) is 7.77. The lowest BCUT2D eigenvalue weighted by molar-refractivity contribution is 0.233. The van der Waals surface area contributed by atoms with Crippen LogP contribution in [-0.4, -0.2) is 13.2 Å². The minimum atomic E-state index is 0.157. The third-order valence-electron chi connectivity index (χ3n) is 2.73. The molecule has 0 spiro atoms. The van der Waals surface area contributed by atoms with Gasteiger partial charge in [0.05, 0.1) is 6.61 Å². The van der Waals surface area contributed by atoms with Crippen LogP contribution in [0.4, 0.5) is 0 Å². The lowest BCUT2D eigenvalue weighted by Gasteiger charge is -2.22. The largest absolute Gasteiger partial charge is 0.494 e. The van der Waals surface area contributed by atoms with Crippen molar-refractivity contribution in [1.82, 2.24) is 0 Å². The summed E-state index contributed by atoms with van der Waals surface area (Å²) >= 11 is 3.47. The number of halogens is 1. The minimum Gasteiger partial charge on any atom is -0.494 e. The number of ether oxygens (including phenoxy) is 1. The smallest absolute Gasteiger partial charge is 0.119 e. The van der Waals surface area contributed by atoms with E-state index in [1.165, 1.54) is 5.56 Å². The fourth-order valence-electron chi connectivity index (χ4n) is 1.25. The van der Waals surface area contributed by atoms with Crippen LogP contribution in [0, 0.1) is 12.3 Å². The first-order chi connectivity index (χ1) is 7.44. The highest BCUT2D eigenvalue weighted by Crippen LogP contribution is 2.23. The van der Waals surface area contributed by atoms with Crippen molar-refractivity contribution < 1.29 is 4.74 Å². The molecule has 0 fully saturated rings. The minimum absolute atomic E-state index is 0.157. The molecule has 2 nitrogen and oxygen atoms in total. The molecule has 0 aliphatic carbocycles. The van der Waals surface area contributed by atoms with Crippen LogP contribution in [0.2, 0.25) is 0 Å². The second kappa shape index (κ2) is 5.69. The van der Waals surface area contributed by atoms with Gasteiger partial charge in [0.15, 0.2) is 0 Å².